The summed E-state index contributed by atoms with van der Waals surface area (Å²) in [5.41, 5.74) is 0.188. The molecule has 0 aliphatic carbocycles. The highest BCUT2D eigenvalue weighted by Gasteiger charge is 2.27. The fraction of sp³-hybridized carbons (Fsp3) is 0.600. The summed E-state index contributed by atoms with van der Waals surface area (Å²) in [7, 11) is 1.69. The molecule has 0 aromatic heterocycles. The zero-order valence-corrected chi connectivity index (χ0v) is 21.0. The van der Waals surface area contributed by atoms with E-state index >= 15 is 0 Å². The van der Waals surface area contributed by atoms with Crippen LogP contribution in [-0.4, -0.2) is 97.0 Å². The van der Waals surface area contributed by atoms with Gasteiger partial charge in [-0.25, -0.2) is 0 Å². The van der Waals surface area contributed by atoms with E-state index in [1.807, 2.05) is 4.90 Å². The minimum absolute atomic E-state index is 0.0662. The number of hydrogen-bond donors (Lipinski definition) is 4. The van der Waals surface area contributed by atoms with E-state index in [-0.39, 0.29) is 41.5 Å². The zero-order chi connectivity index (χ0) is 26.1. The molecule has 2 bridgehead atoms. The van der Waals surface area contributed by atoms with Crippen LogP contribution in [0.3, 0.4) is 0 Å². The van der Waals surface area contributed by atoms with E-state index in [0.29, 0.717) is 39.0 Å². The van der Waals surface area contributed by atoms with Gasteiger partial charge >= 0.3 is 0 Å². The number of fused-ring (bicyclic) bond motifs is 2. The van der Waals surface area contributed by atoms with Crippen LogP contribution in [0.15, 0.2) is 18.2 Å². The van der Waals surface area contributed by atoms with Gasteiger partial charge in [0.1, 0.15) is 17.5 Å². The van der Waals surface area contributed by atoms with Crippen LogP contribution in [0.2, 0.25) is 0 Å². The lowest BCUT2D eigenvalue weighted by Gasteiger charge is -2.27. The predicted molar refractivity (Wildman–Crippen MR) is 133 cm³/mol. The smallest absolute Gasteiger partial charge is 0.258 e. The predicted octanol–water partition coefficient (Wildman–Crippen LogP) is 0.228. The van der Waals surface area contributed by atoms with Gasteiger partial charge in [0.05, 0.1) is 6.04 Å². The Bertz CT molecular complexity index is 949. The number of likely N-dealkylation sites (N-methyl/N-ethyl adjacent to an activating group) is 1. The summed E-state index contributed by atoms with van der Waals surface area (Å²) in [6, 6.07) is 3.13. The van der Waals surface area contributed by atoms with Crippen molar-refractivity contribution in [3.8, 4) is 11.5 Å². The van der Waals surface area contributed by atoms with Crippen LogP contribution in [0.5, 0.6) is 11.5 Å². The van der Waals surface area contributed by atoms with Gasteiger partial charge in [-0.1, -0.05) is 0 Å². The molecule has 3 rings (SSSR count). The van der Waals surface area contributed by atoms with Crippen molar-refractivity contribution < 1.29 is 29.0 Å². The molecule has 2 aliphatic rings. The highest BCUT2D eigenvalue weighted by molar-refractivity contribution is 5.95. The summed E-state index contributed by atoms with van der Waals surface area (Å²) in [4.78, 5) is 54.0. The lowest BCUT2D eigenvalue weighted by Crippen LogP contribution is -2.47. The van der Waals surface area contributed by atoms with Gasteiger partial charge < -0.3 is 35.6 Å². The molecule has 0 radical (unpaired) electrons. The van der Waals surface area contributed by atoms with Crippen LogP contribution in [0.4, 0.5) is 0 Å². The van der Waals surface area contributed by atoms with E-state index in [1.54, 1.807) is 18.9 Å². The normalized spacial score (nSPS) is 23.4. The second kappa shape index (κ2) is 13.1. The molecular weight excluding hydrogens is 466 g/mol. The molecule has 198 valence electrons. The third-order valence-electron chi connectivity index (χ3n) is 6.38. The number of amides is 4. The Morgan fingerprint density at radius 1 is 1.03 bits per heavy atom. The molecule has 1 aromatic carbocycles. The second-order valence-corrected chi connectivity index (χ2v) is 9.34. The number of carbonyl (C=O) groups is 4. The van der Waals surface area contributed by atoms with E-state index < -0.39 is 17.9 Å². The Kier molecular flexibility index (Phi) is 9.92. The highest BCUT2D eigenvalue weighted by Crippen LogP contribution is 2.22. The molecule has 0 saturated carbocycles. The van der Waals surface area contributed by atoms with Crippen LogP contribution in [0, 0.1) is 0 Å². The molecule has 11 heteroatoms. The Labute approximate surface area is 211 Å². The largest absolute Gasteiger partial charge is 0.508 e. The molecule has 2 aliphatic heterocycles. The number of phenolic OH excluding ortho intramolecular Hbond substituents is 1. The standard InChI is InChI=1S/C25H37N5O6/c1-17-24(34)29(2)10-3-4-11-30(25(35)21-7-5-8-26-21)12-6-9-27-23(33)18-13-19(31)15-20(14-18)36-16-22(32)28-17/h13-15,17,21,26,31H,3-12,16H2,1-2H3,(H,27,33)(H,28,32)/t17-,21-/m0/s1. The fourth-order valence-corrected chi connectivity index (χ4v) is 4.41. The van der Waals surface area contributed by atoms with Gasteiger partial charge in [0.15, 0.2) is 6.61 Å². The molecule has 2 atom stereocenters. The van der Waals surface area contributed by atoms with Crippen molar-refractivity contribution in [1.82, 2.24) is 25.8 Å². The number of aromatic hydroxyl groups is 1. The molecule has 2 heterocycles. The van der Waals surface area contributed by atoms with Crippen LogP contribution >= 0.6 is 0 Å². The van der Waals surface area contributed by atoms with E-state index in [2.05, 4.69) is 16.0 Å². The first-order valence-electron chi connectivity index (χ1n) is 12.6. The second-order valence-electron chi connectivity index (χ2n) is 9.34. The van der Waals surface area contributed by atoms with Gasteiger partial charge in [-0.3, -0.25) is 19.2 Å². The summed E-state index contributed by atoms with van der Waals surface area (Å²) in [5, 5.41) is 18.7. The third-order valence-corrected chi connectivity index (χ3v) is 6.38. The first-order chi connectivity index (χ1) is 17.2. The Morgan fingerprint density at radius 3 is 2.53 bits per heavy atom. The molecule has 0 spiro atoms. The summed E-state index contributed by atoms with van der Waals surface area (Å²) in [6.45, 7) is 3.99. The Balaban J connectivity index is 1.72. The van der Waals surface area contributed by atoms with Gasteiger partial charge in [-0.05, 0) is 57.7 Å². The zero-order valence-electron chi connectivity index (χ0n) is 21.0. The van der Waals surface area contributed by atoms with Gasteiger partial charge in [0, 0.05) is 44.9 Å². The van der Waals surface area contributed by atoms with Gasteiger partial charge in [0.2, 0.25) is 11.8 Å². The maximum Gasteiger partial charge on any atom is 0.258 e. The van der Waals surface area contributed by atoms with E-state index in [4.69, 9.17) is 4.74 Å². The van der Waals surface area contributed by atoms with Crippen molar-refractivity contribution >= 4 is 23.6 Å². The van der Waals surface area contributed by atoms with Crippen LogP contribution in [-0.2, 0) is 14.4 Å². The van der Waals surface area contributed by atoms with E-state index in [0.717, 1.165) is 25.8 Å². The van der Waals surface area contributed by atoms with Crippen molar-refractivity contribution in [3.05, 3.63) is 23.8 Å². The molecule has 1 aromatic rings. The third kappa shape index (κ3) is 7.84. The Hall–Kier alpha value is -3.34. The van der Waals surface area contributed by atoms with Gasteiger partial charge in [-0.2, -0.15) is 0 Å². The topological polar surface area (TPSA) is 140 Å². The molecule has 36 heavy (non-hydrogen) atoms. The van der Waals surface area contributed by atoms with Crippen LogP contribution in [0.1, 0.15) is 49.4 Å². The lowest BCUT2D eigenvalue weighted by atomic mass is 10.1. The molecule has 1 saturated heterocycles. The number of ether oxygens (including phenoxy) is 1. The van der Waals surface area contributed by atoms with Crippen molar-refractivity contribution in [2.45, 2.75) is 51.1 Å². The van der Waals surface area contributed by atoms with Crippen LogP contribution < -0.4 is 20.7 Å². The minimum Gasteiger partial charge on any atom is -0.508 e. The van der Waals surface area contributed by atoms with Crippen molar-refractivity contribution in [1.29, 1.82) is 0 Å². The number of benzene rings is 1. The SMILES string of the molecule is C[C@@H]1NC(=O)COc2cc(O)cc(c2)C(=O)NCCCN(C(=O)[C@@H]2CCCN2)CCCCN(C)C1=O. The summed E-state index contributed by atoms with van der Waals surface area (Å²) in [6.07, 6.45) is 3.79. The maximum atomic E-state index is 13.0. The number of rotatable bonds is 1. The number of nitrogens with zero attached hydrogens (tertiary/aromatic N) is 2. The first kappa shape index (κ1) is 27.3. The van der Waals surface area contributed by atoms with Gasteiger partial charge in [-0.15, -0.1) is 0 Å². The number of carbonyl (C=O) groups excluding carboxylic acids is 4. The molecule has 4 amide bonds. The Morgan fingerprint density at radius 2 is 1.78 bits per heavy atom. The number of nitrogens with one attached hydrogen (secondary N) is 3. The lowest BCUT2D eigenvalue weighted by molar-refractivity contribution is -0.135. The van der Waals surface area contributed by atoms with Crippen molar-refractivity contribution in [2.75, 3.05) is 46.4 Å². The number of phenols is 1. The number of hydrogen-bond acceptors (Lipinski definition) is 7. The molecule has 0 unspecified atom stereocenters. The summed E-state index contributed by atoms with van der Waals surface area (Å²) in [5.74, 6) is -1.07. The average molecular weight is 504 g/mol. The summed E-state index contributed by atoms with van der Waals surface area (Å²) >= 11 is 0. The van der Waals surface area contributed by atoms with Crippen LogP contribution in [0.25, 0.3) is 0 Å². The van der Waals surface area contributed by atoms with Gasteiger partial charge in [0.25, 0.3) is 11.8 Å². The van der Waals surface area contributed by atoms with Crippen molar-refractivity contribution in [3.63, 3.8) is 0 Å². The first-order valence-corrected chi connectivity index (χ1v) is 12.6. The summed E-state index contributed by atoms with van der Waals surface area (Å²) < 4.78 is 5.44. The molecular formula is C25H37N5O6. The van der Waals surface area contributed by atoms with Crippen molar-refractivity contribution in [2.24, 2.45) is 0 Å². The molecule has 4 N–H and O–H groups in total. The maximum absolute atomic E-state index is 13.0. The monoisotopic (exact) mass is 503 g/mol. The highest BCUT2D eigenvalue weighted by atomic mass is 16.5. The van der Waals surface area contributed by atoms with E-state index in [9.17, 15) is 24.3 Å². The fourth-order valence-electron chi connectivity index (χ4n) is 4.41. The minimum atomic E-state index is -0.742. The van der Waals surface area contributed by atoms with E-state index in [1.165, 1.54) is 18.2 Å². The molecule has 11 nitrogen and oxygen atoms in total. The molecule has 1 fully saturated rings. The quantitative estimate of drug-likeness (QED) is 0.430. The average Bonchev–Trinajstić information content (AvgIpc) is 3.39.